The number of morpholine rings is 1. The summed E-state index contributed by atoms with van der Waals surface area (Å²) in [5.74, 6) is 1.36. The average Bonchev–Trinajstić information content (AvgIpc) is 2.67. The van der Waals surface area contributed by atoms with Crippen molar-refractivity contribution in [1.29, 1.82) is 0 Å². The van der Waals surface area contributed by atoms with E-state index in [0.29, 0.717) is 37.1 Å². The number of carbonyl (C=O) groups is 1. The number of ether oxygens (including phenoxy) is 2. The second-order valence-corrected chi connectivity index (χ2v) is 5.94. The molecular weight excluding hydrogens is 334 g/mol. The maximum absolute atomic E-state index is 12.1. The molecular formula is C18H23N5O3. The smallest absolute Gasteiger partial charge is 0.319 e. The van der Waals surface area contributed by atoms with E-state index in [1.54, 1.807) is 19.2 Å². The summed E-state index contributed by atoms with van der Waals surface area (Å²) in [7, 11) is 1.59. The number of urea groups is 1. The average molecular weight is 357 g/mol. The van der Waals surface area contributed by atoms with Crippen molar-refractivity contribution < 1.29 is 14.3 Å². The quantitative estimate of drug-likeness (QED) is 0.850. The van der Waals surface area contributed by atoms with Gasteiger partial charge in [0.1, 0.15) is 5.75 Å². The van der Waals surface area contributed by atoms with Gasteiger partial charge in [-0.25, -0.2) is 14.8 Å². The van der Waals surface area contributed by atoms with Crippen molar-refractivity contribution in [1.82, 2.24) is 15.3 Å². The second kappa shape index (κ2) is 8.48. The van der Waals surface area contributed by atoms with Gasteiger partial charge >= 0.3 is 6.03 Å². The van der Waals surface area contributed by atoms with Gasteiger partial charge in [-0.2, -0.15) is 0 Å². The number of hydrogen-bond donors (Lipinski definition) is 2. The Labute approximate surface area is 152 Å². The van der Waals surface area contributed by atoms with Gasteiger partial charge in [0.15, 0.2) is 0 Å². The van der Waals surface area contributed by atoms with Crippen molar-refractivity contribution in [2.24, 2.45) is 0 Å². The van der Waals surface area contributed by atoms with Crippen molar-refractivity contribution >= 4 is 17.7 Å². The molecule has 1 aromatic heterocycles. The summed E-state index contributed by atoms with van der Waals surface area (Å²) in [6, 6.07) is 8.76. The number of nitrogens with zero attached hydrogens (tertiary/aromatic N) is 3. The van der Waals surface area contributed by atoms with E-state index in [2.05, 4.69) is 25.5 Å². The summed E-state index contributed by atoms with van der Waals surface area (Å²) in [6.07, 6.45) is 0. The molecule has 2 N–H and O–H groups in total. The minimum Gasteiger partial charge on any atom is -0.497 e. The number of carbonyl (C=O) groups excluding carboxylic acids is 1. The van der Waals surface area contributed by atoms with Crippen LogP contribution in [0.15, 0.2) is 30.3 Å². The summed E-state index contributed by atoms with van der Waals surface area (Å²) in [5.41, 5.74) is 2.29. The third-order valence-corrected chi connectivity index (χ3v) is 3.95. The maximum Gasteiger partial charge on any atom is 0.319 e. The fourth-order valence-corrected chi connectivity index (χ4v) is 2.66. The van der Waals surface area contributed by atoms with Gasteiger partial charge in [0.25, 0.3) is 0 Å². The summed E-state index contributed by atoms with van der Waals surface area (Å²) in [5, 5.41) is 5.60. The topological polar surface area (TPSA) is 88.6 Å². The normalized spacial score (nSPS) is 14.0. The standard InChI is InChI=1S/C18H23N5O3/c1-13-10-15(21-17(20-13)23-6-8-26-9-7-23)12-19-18(24)22-14-4-3-5-16(11-14)25-2/h3-5,10-11H,6-9,12H2,1-2H3,(H2,19,22,24). The van der Waals surface area contributed by atoms with Gasteiger partial charge in [-0.1, -0.05) is 6.07 Å². The van der Waals surface area contributed by atoms with Crippen molar-refractivity contribution in [3.8, 4) is 5.75 Å². The third kappa shape index (κ3) is 4.82. The molecule has 26 heavy (non-hydrogen) atoms. The Bertz CT molecular complexity index is 762. The van der Waals surface area contributed by atoms with E-state index in [-0.39, 0.29) is 6.03 Å². The number of rotatable bonds is 5. The van der Waals surface area contributed by atoms with Crippen molar-refractivity contribution in [3.63, 3.8) is 0 Å². The Kier molecular flexibility index (Phi) is 5.85. The van der Waals surface area contributed by atoms with E-state index in [1.165, 1.54) is 0 Å². The van der Waals surface area contributed by atoms with Crippen LogP contribution in [0.3, 0.4) is 0 Å². The van der Waals surface area contributed by atoms with Gasteiger partial charge in [-0.05, 0) is 25.1 Å². The van der Waals surface area contributed by atoms with Crippen LogP contribution in [-0.2, 0) is 11.3 Å². The van der Waals surface area contributed by atoms with Crippen LogP contribution in [-0.4, -0.2) is 49.4 Å². The molecule has 0 radical (unpaired) electrons. The number of nitrogens with one attached hydrogen (secondary N) is 2. The van der Waals surface area contributed by atoms with Gasteiger partial charge in [0.05, 0.1) is 32.6 Å². The summed E-state index contributed by atoms with van der Waals surface area (Å²) >= 11 is 0. The van der Waals surface area contributed by atoms with Gasteiger partial charge in [0.2, 0.25) is 5.95 Å². The van der Waals surface area contributed by atoms with Gasteiger partial charge in [0, 0.05) is 30.5 Å². The molecule has 2 amide bonds. The number of amides is 2. The highest BCUT2D eigenvalue weighted by Crippen LogP contribution is 2.16. The largest absolute Gasteiger partial charge is 0.497 e. The van der Waals surface area contributed by atoms with Gasteiger partial charge in [-0.3, -0.25) is 0 Å². The summed E-state index contributed by atoms with van der Waals surface area (Å²) < 4.78 is 10.5. The molecule has 138 valence electrons. The molecule has 8 nitrogen and oxygen atoms in total. The molecule has 0 saturated carbocycles. The second-order valence-electron chi connectivity index (χ2n) is 5.94. The minimum atomic E-state index is -0.303. The van der Waals surface area contributed by atoms with Crippen molar-refractivity contribution in [2.75, 3.05) is 43.6 Å². The molecule has 2 aromatic rings. The highest BCUT2D eigenvalue weighted by molar-refractivity contribution is 5.89. The van der Waals surface area contributed by atoms with Gasteiger partial charge < -0.3 is 25.0 Å². The lowest BCUT2D eigenvalue weighted by atomic mass is 10.3. The van der Waals surface area contributed by atoms with E-state index in [9.17, 15) is 4.79 Å². The van der Waals surface area contributed by atoms with E-state index < -0.39 is 0 Å². The Morgan fingerprint density at radius 1 is 1.27 bits per heavy atom. The zero-order valence-electron chi connectivity index (χ0n) is 15.0. The van der Waals surface area contributed by atoms with Crippen molar-refractivity contribution in [2.45, 2.75) is 13.5 Å². The summed E-state index contributed by atoms with van der Waals surface area (Å²) in [4.78, 5) is 23.3. The first kappa shape index (κ1) is 17.9. The van der Waals surface area contributed by atoms with E-state index in [4.69, 9.17) is 9.47 Å². The number of hydrogen-bond acceptors (Lipinski definition) is 6. The lowest BCUT2D eigenvalue weighted by Crippen LogP contribution is -2.37. The van der Waals surface area contributed by atoms with Crippen LogP contribution in [0.1, 0.15) is 11.4 Å². The first-order valence-corrected chi connectivity index (χ1v) is 8.50. The maximum atomic E-state index is 12.1. The molecule has 1 aliphatic heterocycles. The van der Waals surface area contributed by atoms with Gasteiger partial charge in [-0.15, -0.1) is 0 Å². The SMILES string of the molecule is COc1cccc(NC(=O)NCc2cc(C)nc(N3CCOCC3)n2)c1. The van der Waals surface area contributed by atoms with E-state index in [0.717, 1.165) is 24.5 Å². The molecule has 0 unspecified atom stereocenters. The zero-order valence-corrected chi connectivity index (χ0v) is 15.0. The number of aryl methyl sites for hydroxylation is 1. The monoisotopic (exact) mass is 357 g/mol. The molecule has 2 heterocycles. The van der Waals surface area contributed by atoms with Crippen LogP contribution in [0.5, 0.6) is 5.75 Å². The zero-order chi connectivity index (χ0) is 18.4. The van der Waals surface area contributed by atoms with Crippen LogP contribution in [0.4, 0.5) is 16.4 Å². The predicted octanol–water partition coefficient (Wildman–Crippen LogP) is 1.95. The number of benzene rings is 1. The van der Waals surface area contributed by atoms with Crippen LogP contribution in [0, 0.1) is 6.92 Å². The molecule has 0 bridgehead atoms. The highest BCUT2D eigenvalue weighted by Gasteiger charge is 2.15. The molecule has 3 rings (SSSR count). The predicted molar refractivity (Wildman–Crippen MR) is 98.7 cm³/mol. The summed E-state index contributed by atoms with van der Waals surface area (Å²) in [6.45, 7) is 5.13. The Balaban J connectivity index is 1.59. The van der Waals surface area contributed by atoms with E-state index >= 15 is 0 Å². The van der Waals surface area contributed by atoms with Crippen LogP contribution < -0.4 is 20.3 Å². The molecule has 1 saturated heterocycles. The molecule has 0 atom stereocenters. The van der Waals surface area contributed by atoms with Crippen LogP contribution in [0.25, 0.3) is 0 Å². The Hall–Kier alpha value is -2.87. The first-order chi connectivity index (χ1) is 12.6. The molecule has 8 heteroatoms. The first-order valence-electron chi connectivity index (χ1n) is 8.50. The fraction of sp³-hybridized carbons (Fsp3) is 0.389. The fourth-order valence-electron chi connectivity index (χ4n) is 2.66. The Morgan fingerprint density at radius 3 is 2.85 bits per heavy atom. The van der Waals surface area contributed by atoms with Crippen LogP contribution >= 0.6 is 0 Å². The highest BCUT2D eigenvalue weighted by atomic mass is 16.5. The molecule has 1 aliphatic rings. The number of methoxy groups -OCH3 is 1. The lowest BCUT2D eigenvalue weighted by Gasteiger charge is -2.27. The molecule has 1 aromatic carbocycles. The molecule has 1 fully saturated rings. The number of anilines is 2. The molecule has 0 spiro atoms. The minimum absolute atomic E-state index is 0.303. The lowest BCUT2D eigenvalue weighted by molar-refractivity contribution is 0.122. The number of aromatic nitrogens is 2. The molecule has 0 aliphatic carbocycles. The third-order valence-electron chi connectivity index (χ3n) is 3.95. The van der Waals surface area contributed by atoms with E-state index in [1.807, 2.05) is 25.1 Å². The van der Waals surface area contributed by atoms with Crippen molar-refractivity contribution in [3.05, 3.63) is 41.7 Å². The Morgan fingerprint density at radius 2 is 2.08 bits per heavy atom. The van der Waals surface area contributed by atoms with Crippen LogP contribution in [0.2, 0.25) is 0 Å².